The number of nitrogens with two attached hydrogens (primary N) is 1. The highest BCUT2D eigenvalue weighted by Gasteiger charge is 2.19. The maximum absolute atomic E-state index is 11.8. The lowest BCUT2D eigenvalue weighted by atomic mass is 10.1. The fraction of sp³-hybridized carbons (Fsp3) is 0.308. The first kappa shape index (κ1) is 15.3. The number of fused-ring (bicyclic) bond motifs is 1. The summed E-state index contributed by atoms with van der Waals surface area (Å²) < 4.78 is 35.0. The van der Waals surface area contributed by atoms with Crippen molar-refractivity contribution in [2.45, 2.75) is 13.3 Å². The first-order valence-electron chi connectivity index (χ1n) is 6.34. The number of hydrogen-bond donors (Lipinski definition) is 2. The molecule has 0 aromatic heterocycles. The summed E-state index contributed by atoms with van der Waals surface area (Å²) in [5, 5.41) is 4.97. The van der Waals surface area contributed by atoms with Crippen molar-refractivity contribution in [3.8, 4) is 5.75 Å². The van der Waals surface area contributed by atoms with Crippen LogP contribution in [-0.4, -0.2) is 27.6 Å². The molecule has 2 rings (SSSR count). The first-order valence-corrected chi connectivity index (χ1v) is 7.89. The fourth-order valence-corrected chi connectivity index (χ4v) is 2.44. The van der Waals surface area contributed by atoms with Gasteiger partial charge in [-0.25, -0.2) is 9.93 Å². The molecule has 0 unspecified atom stereocenters. The summed E-state index contributed by atoms with van der Waals surface area (Å²) in [5.41, 5.74) is 1.30. The molecule has 1 aliphatic rings. The lowest BCUT2D eigenvalue weighted by Gasteiger charge is -2.12. The number of rotatable bonds is 4. The topological polar surface area (TPSA) is 108 Å². The number of anilines is 1. The molecule has 0 atom stereocenters. The molecule has 0 radical (unpaired) electrons. The number of ether oxygens (including phenoxy) is 2. The predicted molar refractivity (Wildman–Crippen MR) is 77.9 cm³/mol. The van der Waals surface area contributed by atoms with Gasteiger partial charge < -0.3 is 9.47 Å². The van der Waals surface area contributed by atoms with Gasteiger partial charge in [0.25, 0.3) is 10.2 Å². The fourth-order valence-electron chi connectivity index (χ4n) is 1.97. The van der Waals surface area contributed by atoms with Crippen LogP contribution in [0.15, 0.2) is 23.8 Å². The molecule has 0 aliphatic carbocycles. The summed E-state index contributed by atoms with van der Waals surface area (Å²) >= 11 is 0. The van der Waals surface area contributed by atoms with Crippen molar-refractivity contribution in [3.63, 3.8) is 0 Å². The summed E-state index contributed by atoms with van der Waals surface area (Å²) in [7, 11) is -3.90. The third kappa shape index (κ3) is 3.96. The van der Waals surface area contributed by atoms with Crippen molar-refractivity contribution < 1.29 is 22.7 Å². The van der Waals surface area contributed by atoms with Crippen LogP contribution in [0, 0.1) is 0 Å². The van der Waals surface area contributed by atoms with Gasteiger partial charge in [0.1, 0.15) is 0 Å². The van der Waals surface area contributed by atoms with E-state index in [0.29, 0.717) is 23.3 Å². The van der Waals surface area contributed by atoms with E-state index in [9.17, 15) is 13.2 Å². The van der Waals surface area contributed by atoms with E-state index in [0.717, 1.165) is 0 Å². The van der Waals surface area contributed by atoms with Crippen molar-refractivity contribution >= 4 is 27.9 Å². The Labute approximate surface area is 122 Å². The number of carbonyl (C=O) groups excluding carboxylic acids is 1. The van der Waals surface area contributed by atoms with Gasteiger partial charge in [-0.1, -0.05) is 12.1 Å². The quantitative estimate of drug-likeness (QED) is 0.807. The van der Waals surface area contributed by atoms with E-state index in [2.05, 4.69) is 4.72 Å². The molecule has 0 saturated heterocycles. The highest BCUT2D eigenvalue weighted by atomic mass is 32.2. The van der Waals surface area contributed by atoms with Crippen molar-refractivity contribution in [2.75, 3.05) is 17.9 Å². The summed E-state index contributed by atoms with van der Waals surface area (Å²) in [6, 6.07) is 4.89. The van der Waals surface area contributed by atoms with Crippen LogP contribution in [0.25, 0.3) is 6.08 Å². The van der Waals surface area contributed by atoms with Gasteiger partial charge in [0, 0.05) is 17.6 Å². The monoisotopic (exact) mass is 312 g/mol. The van der Waals surface area contributed by atoms with Crippen molar-refractivity contribution in [3.05, 3.63) is 29.3 Å². The molecular formula is C13H16N2O5S. The lowest BCUT2D eigenvalue weighted by Crippen LogP contribution is -2.22. The van der Waals surface area contributed by atoms with Crippen LogP contribution in [0.2, 0.25) is 0 Å². The summed E-state index contributed by atoms with van der Waals surface area (Å²) in [6.45, 7) is 2.26. The predicted octanol–water partition coefficient (Wildman–Crippen LogP) is 1.03. The molecule has 0 saturated carbocycles. The minimum Gasteiger partial charge on any atom is -0.490 e. The zero-order valence-electron chi connectivity index (χ0n) is 11.5. The average Bonchev–Trinajstić information content (AvgIpc) is 2.60. The van der Waals surface area contributed by atoms with Gasteiger partial charge in [0.15, 0.2) is 5.75 Å². The second-order valence-electron chi connectivity index (χ2n) is 4.36. The Morgan fingerprint density at radius 3 is 2.90 bits per heavy atom. The molecule has 0 bridgehead atoms. The minimum absolute atomic E-state index is 0.233. The summed E-state index contributed by atoms with van der Waals surface area (Å²) in [6.07, 6.45) is 2.01. The van der Waals surface area contributed by atoms with E-state index < -0.39 is 16.2 Å². The van der Waals surface area contributed by atoms with Crippen molar-refractivity contribution in [2.24, 2.45) is 5.14 Å². The van der Waals surface area contributed by atoms with Crippen molar-refractivity contribution in [1.29, 1.82) is 0 Å². The van der Waals surface area contributed by atoms with Crippen LogP contribution in [-0.2, 0) is 19.7 Å². The van der Waals surface area contributed by atoms with E-state index >= 15 is 0 Å². The molecule has 7 nitrogen and oxygen atoms in total. The smallest absolute Gasteiger partial charge is 0.334 e. The summed E-state index contributed by atoms with van der Waals surface area (Å²) in [4.78, 5) is 11.8. The van der Waals surface area contributed by atoms with Crippen molar-refractivity contribution in [1.82, 2.24) is 0 Å². The maximum atomic E-state index is 11.8. The largest absolute Gasteiger partial charge is 0.490 e. The Morgan fingerprint density at radius 1 is 1.48 bits per heavy atom. The van der Waals surface area contributed by atoms with Crippen LogP contribution in [0.5, 0.6) is 5.75 Å². The van der Waals surface area contributed by atoms with E-state index in [1.165, 1.54) is 6.07 Å². The Hall–Kier alpha value is -2.06. The zero-order chi connectivity index (χ0) is 15.5. The normalized spacial score (nSPS) is 14.3. The molecule has 1 aromatic rings. The Morgan fingerprint density at radius 2 is 2.24 bits per heavy atom. The van der Waals surface area contributed by atoms with Gasteiger partial charge in [-0.05, 0) is 19.1 Å². The van der Waals surface area contributed by atoms with Gasteiger partial charge in [-0.3, -0.25) is 4.72 Å². The molecule has 8 heteroatoms. The highest BCUT2D eigenvalue weighted by Crippen LogP contribution is 2.33. The van der Waals surface area contributed by atoms with Crippen LogP contribution in [0.4, 0.5) is 5.69 Å². The number of esters is 1. The number of nitrogens with one attached hydrogen (secondary N) is 1. The minimum atomic E-state index is -3.90. The zero-order valence-corrected chi connectivity index (χ0v) is 12.3. The lowest BCUT2D eigenvalue weighted by molar-refractivity contribution is -0.138. The van der Waals surface area contributed by atoms with Gasteiger partial charge in [0.05, 0.1) is 18.9 Å². The molecule has 1 aliphatic heterocycles. The second kappa shape index (κ2) is 6.15. The van der Waals surface area contributed by atoms with E-state index in [-0.39, 0.29) is 18.9 Å². The molecule has 0 fully saturated rings. The van der Waals surface area contributed by atoms with Gasteiger partial charge in [-0.15, -0.1) is 0 Å². The molecule has 3 N–H and O–H groups in total. The Bertz CT molecular complexity index is 682. The van der Waals surface area contributed by atoms with E-state index in [1.54, 1.807) is 25.1 Å². The number of hydrogen-bond acceptors (Lipinski definition) is 5. The Balaban J connectivity index is 2.40. The highest BCUT2D eigenvalue weighted by molar-refractivity contribution is 7.90. The molecule has 21 heavy (non-hydrogen) atoms. The second-order valence-corrected chi connectivity index (χ2v) is 5.65. The number of carbonyl (C=O) groups is 1. The number of benzene rings is 1. The molecular weight excluding hydrogens is 296 g/mol. The average molecular weight is 312 g/mol. The molecule has 114 valence electrons. The van der Waals surface area contributed by atoms with Gasteiger partial charge >= 0.3 is 5.97 Å². The molecule has 0 spiro atoms. The third-order valence-corrected chi connectivity index (χ3v) is 3.29. The van der Waals surface area contributed by atoms with Gasteiger partial charge in [0.2, 0.25) is 0 Å². The summed E-state index contributed by atoms with van der Waals surface area (Å²) in [5.74, 6) is -0.0652. The van der Waals surface area contributed by atoms with Crippen LogP contribution in [0.1, 0.15) is 18.9 Å². The molecule has 1 aromatic carbocycles. The van der Waals surface area contributed by atoms with E-state index in [1.807, 2.05) is 0 Å². The first-order chi connectivity index (χ1) is 9.90. The maximum Gasteiger partial charge on any atom is 0.334 e. The third-order valence-electron chi connectivity index (χ3n) is 2.78. The van der Waals surface area contributed by atoms with Gasteiger partial charge in [-0.2, -0.15) is 8.42 Å². The number of para-hydroxylation sites is 1. The SMILES string of the molecule is CCOC(=O)C1=Cc2cccc(NS(N)(=O)=O)c2OCC1. The van der Waals surface area contributed by atoms with Crippen LogP contribution in [0.3, 0.4) is 0 Å². The standard InChI is InChI=1S/C13H16N2O5S/c1-2-19-13(16)10-6-7-20-12-9(8-10)4-3-5-11(12)15-21(14,17)18/h3-5,8,15H,2,6-7H2,1H3,(H2,14,17,18). The van der Waals surface area contributed by atoms with Crippen LogP contribution >= 0.6 is 0 Å². The molecule has 0 amide bonds. The Kier molecular flexibility index (Phi) is 4.49. The molecule has 1 heterocycles. The van der Waals surface area contributed by atoms with E-state index in [4.69, 9.17) is 14.6 Å². The van der Waals surface area contributed by atoms with Crippen LogP contribution < -0.4 is 14.6 Å².